The Labute approximate surface area is 128 Å². The van der Waals surface area contributed by atoms with Crippen LogP contribution in [-0.4, -0.2) is 16.8 Å². The fourth-order valence-electron chi connectivity index (χ4n) is 1.81. The fraction of sp³-hybridized carbons (Fsp3) is 0.333. The molecule has 0 aromatic heterocycles. The van der Waals surface area contributed by atoms with Crippen molar-refractivity contribution in [1.29, 1.82) is 0 Å². The van der Waals surface area contributed by atoms with Crippen LogP contribution in [0.5, 0.6) is 5.75 Å². The lowest BCUT2D eigenvalue weighted by Gasteiger charge is -2.06. The molecule has 3 nitrogen and oxygen atoms in total. The van der Waals surface area contributed by atoms with Crippen LogP contribution in [0.2, 0.25) is 0 Å². The molecule has 106 valence electrons. The number of rotatable bonds is 6. The summed E-state index contributed by atoms with van der Waals surface area (Å²) >= 11 is 6.25. The summed E-state index contributed by atoms with van der Waals surface area (Å²) in [6.45, 7) is 2.90. The van der Waals surface area contributed by atoms with Gasteiger partial charge in [-0.15, -0.1) is 0 Å². The van der Waals surface area contributed by atoms with Crippen molar-refractivity contribution < 1.29 is 9.53 Å². The van der Waals surface area contributed by atoms with E-state index in [1.807, 2.05) is 30.3 Å². The molecule has 1 aliphatic heterocycles. The van der Waals surface area contributed by atoms with Crippen molar-refractivity contribution in [3.63, 3.8) is 0 Å². The van der Waals surface area contributed by atoms with Crippen molar-refractivity contribution in [2.75, 3.05) is 6.61 Å². The van der Waals surface area contributed by atoms with Crippen molar-refractivity contribution in [3.8, 4) is 5.75 Å². The molecule has 1 heterocycles. The van der Waals surface area contributed by atoms with E-state index in [0.717, 1.165) is 24.3 Å². The Balaban J connectivity index is 2.01. The van der Waals surface area contributed by atoms with Crippen LogP contribution < -0.4 is 10.1 Å². The number of thioether (sulfide) groups is 1. The Morgan fingerprint density at radius 3 is 2.95 bits per heavy atom. The average molecular weight is 307 g/mol. The van der Waals surface area contributed by atoms with Gasteiger partial charge in [0.25, 0.3) is 5.91 Å². The van der Waals surface area contributed by atoms with Gasteiger partial charge in [-0.2, -0.15) is 0 Å². The first-order valence-electron chi connectivity index (χ1n) is 6.67. The maximum atomic E-state index is 11.6. The number of hydrogen-bond donors (Lipinski definition) is 1. The zero-order valence-electron chi connectivity index (χ0n) is 11.3. The predicted molar refractivity (Wildman–Crippen MR) is 87.8 cm³/mol. The summed E-state index contributed by atoms with van der Waals surface area (Å²) in [6.07, 6.45) is 5.26. The van der Waals surface area contributed by atoms with E-state index in [2.05, 4.69) is 12.2 Å². The molecule has 1 aromatic rings. The van der Waals surface area contributed by atoms with Gasteiger partial charge in [-0.25, -0.2) is 0 Å². The highest BCUT2D eigenvalue weighted by atomic mass is 32.2. The number of hydrogen-bond acceptors (Lipinski definition) is 4. The molecule has 0 radical (unpaired) electrons. The lowest BCUT2D eigenvalue weighted by Crippen LogP contribution is -2.17. The standard InChI is InChI=1S/C15H17NO2S2/c1-2-3-4-8-18-12-7-5-6-11(9-12)10-13-14(17)16-15(19)20-13/h5-7,9-10H,2-4,8H2,1H3,(H,16,17,19)/b13-10+. The molecular weight excluding hydrogens is 290 g/mol. The molecule has 1 fully saturated rings. The van der Waals surface area contributed by atoms with E-state index < -0.39 is 0 Å². The van der Waals surface area contributed by atoms with Gasteiger partial charge in [0, 0.05) is 0 Å². The van der Waals surface area contributed by atoms with E-state index >= 15 is 0 Å². The third kappa shape index (κ3) is 4.35. The number of benzene rings is 1. The first-order valence-corrected chi connectivity index (χ1v) is 7.89. The number of nitrogens with one attached hydrogen (secondary N) is 1. The molecule has 0 spiro atoms. The van der Waals surface area contributed by atoms with Gasteiger partial charge in [-0.3, -0.25) is 4.79 Å². The minimum atomic E-state index is -0.130. The van der Waals surface area contributed by atoms with Gasteiger partial charge in [0.05, 0.1) is 11.5 Å². The molecule has 1 N–H and O–H groups in total. The Hall–Kier alpha value is -1.33. The first-order chi connectivity index (χ1) is 9.69. The van der Waals surface area contributed by atoms with E-state index in [4.69, 9.17) is 17.0 Å². The van der Waals surface area contributed by atoms with E-state index in [-0.39, 0.29) is 5.91 Å². The largest absolute Gasteiger partial charge is 0.494 e. The Kier molecular flexibility index (Phi) is 5.61. The molecule has 20 heavy (non-hydrogen) atoms. The Morgan fingerprint density at radius 2 is 2.25 bits per heavy atom. The first kappa shape index (κ1) is 15.1. The SMILES string of the molecule is CCCCCOc1cccc(/C=C2/SC(=S)NC2=O)c1. The molecular formula is C15H17NO2S2. The smallest absolute Gasteiger partial charge is 0.263 e. The average Bonchev–Trinajstić information content (AvgIpc) is 2.74. The molecule has 2 rings (SSSR count). The molecule has 1 aromatic carbocycles. The van der Waals surface area contributed by atoms with Crippen molar-refractivity contribution in [2.45, 2.75) is 26.2 Å². The van der Waals surface area contributed by atoms with Gasteiger partial charge in [0.15, 0.2) is 0 Å². The number of ether oxygens (including phenoxy) is 1. The lowest BCUT2D eigenvalue weighted by molar-refractivity contribution is -0.115. The monoisotopic (exact) mass is 307 g/mol. The van der Waals surface area contributed by atoms with Crippen LogP contribution in [0.3, 0.4) is 0 Å². The number of carbonyl (C=O) groups is 1. The van der Waals surface area contributed by atoms with Crippen molar-refractivity contribution in [1.82, 2.24) is 5.32 Å². The van der Waals surface area contributed by atoms with E-state index in [1.165, 1.54) is 24.6 Å². The Morgan fingerprint density at radius 1 is 1.40 bits per heavy atom. The quantitative estimate of drug-likeness (QED) is 0.493. The number of unbranched alkanes of at least 4 members (excludes halogenated alkanes) is 2. The van der Waals surface area contributed by atoms with Gasteiger partial charge >= 0.3 is 0 Å². The second kappa shape index (κ2) is 7.45. The van der Waals surface area contributed by atoms with Crippen LogP contribution >= 0.6 is 24.0 Å². The maximum Gasteiger partial charge on any atom is 0.263 e. The van der Waals surface area contributed by atoms with E-state index in [1.54, 1.807) is 0 Å². The second-order valence-electron chi connectivity index (χ2n) is 4.48. The van der Waals surface area contributed by atoms with Crippen LogP contribution in [-0.2, 0) is 4.79 Å². The maximum absolute atomic E-state index is 11.6. The topological polar surface area (TPSA) is 38.3 Å². The molecule has 1 saturated heterocycles. The molecule has 5 heteroatoms. The van der Waals surface area contributed by atoms with Gasteiger partial charge in [0.2, 0.25) is 0 Å². The number of thiocarbonyl (C=S) groups is 1. The van der Waals surface area contributed by atoms with Crippen LogP contribution in [0, 0.1) is 0 Å². The van der Waals surface area contributed by atoms with Crippen LogP contribution in [0.1, 0.15) is 31.7 Å². The molecule has 0 unspecified atom stereocenters. The lowest BCUT2D eigenvalue weighted by atomic mass is 10.2. The van der Waals surface area contributed by atoms with Crippen molar-refractivity contribution >= 4 is 40.3 Å². The minimum absolute atomic E-state index is 0.130. The van der Waals surface area contributed by atoms with Crippen LogP contribution in [0.4, 0.5) is 0 Å². The van der Waals surface area contributed by atoms with Gasteiger partial charge < -0.3 is 10.1 Å². The van der Waals surface area contributed by atoms with Crippen molar-refractivity contribution in [2.24, 2.45) is 0 Å². The predicted octanol–water partition coefficient (Wildman–Crippen LogP) is 3.74. The zero-order chi connectivity index (χ0) is 14.4. The number of carbonyl (C=O) groups excluding carboxylic acids is 1. The molecule has 0 atom stereocenters. The van der Waals surface area contributed by atoms with E-state index in [9.17, 15) is 4.79 Å². The zero-order valence-corrected chi connectivity index (χ0v) is 13.0. The van der Waals surface area contributed by atoms with Gasteiger partial charge in [-0.1, -0.05) is 55.9 Å². The van der Waals surface area contributed by atoms with E-state index in [0.29, 0.717) is 9.23 Å². The molecule has 0 bridgehead atoms. The highest BCUT2D eigenvalue weighted by molar-refractivity contribution is 8.26. The normalized spacial score (nSPS) is 16.6. The highest BCUT2D eigenvalue weighted by Crippen LogP contribution is 2.26. The molecule has 0 aliphatic carbocycles. The van der Waals surface area contributed by atoms with Crippen LogP contribution in [0.25, 0.3) is 6.08 Å². The molecule has 1 amide bonds. The van der Waals surface area contributed by atoms with Gasteiger partial charge in [-0.05, 0) is 30.2 Å². The summed E-state index contributed by atoms with van der Waals surface area (Å²) in [5.74, 6) is 0.704. The highest BCUT2D eigenvalue weighted by Gasteiger charge is 2.21. The van der Waals surface area contributed by atoms with Gasteiger partial charge in [0.1, 0.15) is 10.1 Å². The summed E-state index contributed by atoms with van der Waals surface area (Å²) < 4.78 is 6.21. The third-order valence-corrected chi connectivity index (χ3v) is 3.98. The van der Waals surface area contributed by atoms with Crippen LogP contribution in [0.15, 0.2) is 29.2 Å². The second-order valence-corrected chi connectivity index (χ2v) is 6.20. The summed E-state index contributed by atoms with van der Waals surface area (Å²) in [6, 6.07) is 7.74. The summed E-state index contributed by atoms with van der Waals surface area (Å²) in [5, 5.41) is 2.61. The minimum Gasteiger partial charge on any atom is -0.494 e. The van der Waals surface area contributed by atoms with Crippen molar-refractivity contribution in [3.05, 3.63) is 34.7 Å². The third-order valence-electron chi connectivity index (χ3n) is 2.81. The molecule has 1 aliphatic rings. The summed E-state index contributed by atoms with van der Waals surface area (Å²) in [4.78, 5) is 12.2. The summed E-state index contributed by atoms with van der Waals surface area (Å²) in [5.41, 5.74) is 0.945. The summed E-state index contributed by atoms with van der Waals surface area (Å²) in [7, 11) is 0. The molecule has 0 saturated carbocycles. The Bertz CT molecular complexity index is 540. The number of amides is 1. The fourth-order valence-corrected chi connectivity index (χ4v) is 2.85.